The van der Waals surface area contributed by atoms with Crippen molar-refractivity contribution >= 4 is 17.3 Å². The lowest BCUT2D eigenvalue weighted by Gasteiger charge is -2.27. The minimum absolute atomic E-state index is 0.0878. The Morgan fingerprint density at radius 1 is 1.39 bits per heavy atom. The van der Waals surface area contributed by atoms with Gasteiger partial charge in [0.05, 0.1) is 16.7 Å². The van der Waals surface area contributed by atoms with Gasteiger partial charge in [-0.1, -0.05) is 18.9 Å². The van der Waals surface area contributed by atoms with E-state index in [0.29, 0.717) is 6.54 Å². The van der Waals surface area contributed by atoms with Crippen LogP contribution in [-0.2, 0) is 0 Å². The van der Waals surface area contributed by atoms with Crippen molar-refractivity contribution in [3.63, 3.8) is 0 Å². The highest BCUT2D eigenvalue weighted by atomic mass is 16.6. The van der Waals surface area contributed by atoms with E-state index in [0.717, 1.165) is 38.5 Å². The third kappa shape index (κ3) is 4.41. The molecule has 2 atom stereocenters. The van der Waals surface area contributed by atoms with Gasteiger partial charge in [0.2, 0.25) is 0 Å². The van der Waals surface area contributed by atoms with E-state index in [2.05, 4.69) is 5.32 Å². The smallest absolute Gasteiger partial charge is 0.284 e. The summed E-state index contributed by atoms with van der Waals surface area (Å²) in [5.74, 6) is -0.240. The molecule has 0 spiro atoms. The van der Waals surface area contributed by atoms with Crippen molar-refractivity contribution in [2.75, 3.05) is 12.3 Å². The summed E-state index contributed by atoms with van der Waals surface area (Å²) in [4.78, 5) is 22.5. The van der Waals surface area contributed by atoms with Crippen LogP contribution in [0.4, 0.5) is 11.4 Å². The van der Waals surface area contributed by atoms with E-state index in [9.17, 15) is 20.0 Å². The van der Waals surface area contributed by atoms with Gasteiger partial charge in [0, 0.05) is 12.6 Å². The van der Waals surface area contributed by atoms with Crippen LogP contribution in [0.1, 0.15) is 48.9 Å². The standard InChI is InChI=1S/C16H23N3O4/c17-12-7-3-8-13(19(22)23)15(12)16(21)18-10-4-6-11-5-1-2-9-14(11)20/h3,7-8,11,14,20H,1-2,4-6,9-10,17H2,(H,18,21). The van der Waals surface area contributed by atoms with Crippen molar-refractivity contribution in [2.45, 2.75) is 44.6 Å². The van der Waals surface area contributed by atoms with Crippen LogP contribution in [0, 0.1) is 16.0 Å². The number of nitrogen functional groups attached to an aromatic ring is 1. The maximum absolute atomic E-state index is 12.2. The Morgan fingerprint density at radius 2 is 2.13 bits per heavy atom. The third-order valence-electron chi connectivity index (χ3n) is 4.40. The maximum atomic E-state index is 12.2. The van der Waals surface area contributed by atoms with Crippen LogP contribution < -0.4 is 11.1 Å². The number of aliphatic hydroxyl groups is 1. The summed E-state index contributed by atoms with van der Waals surface area (Å²) in [5, 5.41) is 23.6. The lowest BCUT2D eigenvalue weighted by Crippen LogP contribution is -2.28. The zero-order valence-corrected chi connectivity index (χ0v) is 13.0. The molecule has 0 bridgehead atoms. The molecule has 23 heavy (non-hydrogen) atoms. The number of carbonyl (C=O) groups excluding carboxylic acids is 1. The lowest BCUT2D eigenvalue weighted by atomic mass is 9.83. The van der Waals surface area contributed by atoms with Crippen LogP contribution >= 0.6 is 0 Å². The second-order valence-corrected chi connectivity index (χ2v) is 6.01. The van der Waals surface area contributed by atoms with Crippen LogP contribution in [0.15, 0.2) is 18.2 Å². The monoisotopic (exact) mass is 321 g/mol. The number of nitrogens with two attached hydrogens (primary N) is 1. The van der Waals surface area contributed by atoms with E-state index in [-0.39, 0.29) is 29.0 Å². The predicted octanol–water partition coefficient (Wildman–Crippen LogP) is 2.24. The molecule has 7 heteroatoms. The molecular weight excluding hydrogens is 298 g/mol. The van der Waals surface area contributed by atoms with E-state index in [1.165, 1.54) is 18.2 Å². The lowest BCUT2D eigenvalue weighted by molar-refractivity contribution is -0.385. The Morgan fingerprint density at radius 3 is 2.83 bits per heavy atom. The molecule has 1 aliphatic carbocycles. The van der Waals surface area contributed by atoms with Gasteiger partial charge in [0.15, 0.2) is 0 Å². The van der Waals surface area contributed by atoms with Crippen LogP contribution in [0.2, 0.25) is 0 Å². The largest absolute Gasteiger partial charge is 0.398 e. The second kappa shape index (κ2) is 7.92. The number of nitrogens with zero attached hydrogens (tertiary/aromatic N) is 1. The van der Waals surface area contributed by atoms with Crippen molar-refractivity contribution < 1.29 is 14.8 Å². The van der Waals surface area contributed by atoms with Gasteiger partial charge in [0.25, 0.3) is 11.6 Å². The first kappa shape index (κ1) is 17.2. The normalized spacial score (nSPS) is 20.9. The summed E-state index contributed by atoms with van der Waals surface area (Å²) in [6.07, 6.45) is 5.41. The van der Waals surface area contributed by atoms with E-state index in [1.54, 1.807) is 0 Å². The van der Waals surface area contributed by atoms with Gasteiger partial charge in [-0.25, -0.2) is 0 Å². The number of benzene rings is 1. The van der Waals surface area contributed by atoms with Gasteiger partial charge < -0.3 is 16.2 Å². The number of hydrogen-bond donors (Lipinski definition) is 3. The molecule has 0 saturated heterocycles. The first-order valence-electron chi connectivity index (χ1n) is 8.00. The Kier molecular flexibility index (Phi) is 5.92. The molecule has 1 aromatic rings. The number of hydrogen-bond acceptors (Lipinski definition) is 5. The fourth-order valence-corrected chi connectivity index (χ4v) is 3.14. The van der Waals surface area contributed by atoms with Gasteiger partial charge in [-0.2, -0.15) is 0 Å². The second-order valence-electron chi connectivity index (χ2n) is 6.01. The minimum atomic E-state index is -0.607. The van der Waals surface area contributed by atoms with Crippen LogP contribution in [0.3, 0.4) is 0 Å². The van der Waals surface area contributed by atoms with Crippen molar-refractivity contribution in [1.82, 2.24) is 5.32 Å². The van der Waals surface area contributed by atoms with Gasteiger partial charge in [-0.05, 0) is 37.7 Å². The van der Waals surface area contributed by atoms with Crippen LogP contribution in [0.25, 0.3) is 0 Å². The molecule has 1 aromatic carbocycles. The van der Waals surface area contributed by atoms with E-state index < -0.39 is 10.8 Å². The number of amides is 1. The Labute approximate surface area is 135 Å². The average molecular weight is 321 g/mol. The van der Waals surface area contributed by atoms with Gasteiger partial charge in [-0.15, -0.1) is 0 Å². The van der Waals surface area contributed by atoms with Crippen LogP contribution in [-0.4, -0.2) is 28.6 Å². The summed E-state index contributed by atoms with van der Waals surface area (Å²) in [6.45, 7) is 0.410. The number of aliphatic hydroxyl groups excluding tert-OH is 1. The van der Waals surface area contributed by atoms with Crippen molar-refractivity contribution in [3.05, 3.63) is 33.9 Å². The first-order chi connectivity index (χ1) is 11.0. The molecule has 2 unspecified atom stereocenters. The first-order valence-corrected chi connectivity index (χ1v) is 8.00. The van der Waals surface area contributed by atoms with Gasteiger partial charge in [0.1, 0.15) is 5.56 Å². The minimum Gasteiger partial charge on any atom is -0.398 e. The van der Waals surface area contributed by atoms with E-state index in [1.807, 2.05) is 0 Å². The van der Waals surface area contributed by atoms with Gasteiger partial charge >= 0.3 is 0 Å². The number of nitro benzene ring substituents is 1. The molecule has 1 fully saturated rings. The average Bonchev–Trinajstić information content (AvgIpc) is 2.52. The Balaban J connectivity index is 1.87. The fourth-order valence-electron chi connectivity index (χ4n) is 3.14. The number of anilines is 1. The highest BCUT2D eigenvalue weighted by Crippen LogP contribution is 2.28. The van der Waals surface area contributed by atoms with E-state index >= 15 is 0 Å². The molecule has 0 aliphatic heterocycles. The third-order valence-corrected chi connectivity index (χ3v) is 4.40. The van der Waals surface area contributed by atoms with E-state index in [4.69, 9.17) is 5.73 Å². The predicted molar refractivity (Wildman–Crippen MR) is 87.0 cm³/mol. The van der Waals surface area contributed by atoms with Crippen molar-refractivity contribution in [3.8, 4) is 0 Å². The highest BCUT2D eigenvalue weighted by Gasteiger charge is 2.24. The quantitative estimate of drug-likeness (QED) is 0.321. The molecule has 0 radical (unpaired) electrons. The molecule has 1 amide bonds. The molecule has 0 heterocycles. The molecule has 0 aromatic heterocycles. The topological polar surface area (TPSA) is 118 Å². The molecular formula is C16H23N3O4. The summed E-state index contributed by atoms with van der Waals surface area (Å²) in [6, 6.07) is 4.19. The number of nitrogens with one attached hydrogen (secondary N) is 1. The number of rotatable bonds is 6. The fraction of sp³-hybridized carbons (Fsp3) is 0.562. The van der Waals surface area contributed by atoms with Gasteiger partial charge in [-0.3, -0.25) is 14.9 Å². The highest BCUT2D eigenvalue weighted by molar-refractivity contribution is 6.03. The van der Waals surface area contributed by atoms with Crippen molar-refractivity contribution in [2.24, 2.45) is 5.92 Å². The summed E-state index contributed by atoms with van der Waals surface area (Å²) in [7, 11) is 0. The zero-order valence-electron chi connectivity index (χ0n) is 13.0. The van der Waals surface area contributed by atoms with Crippen molar-refractivity contribution in [1.29, 1.82) is 0 Å². The molecule has 1 saturated carbocycles. The molecule has 4 N–H and O–H groups in total. The summed E-state index contributed by atoms with van der Waals surface area (Å²) < 4.78 is 0. The summed E-state index contributed by atoms with van der Waals surface area (Å²) in [5.41, 5.74) is 5.42. The summed E-state index contributed by atoms with van der Waals surface area (Å²) >= 11 is 0. The number of nitro groups is 1. The van der Waals surface area contributed by atoms with Crippen LogP contribution in [0.5, 0.6) is 0 Å². The number of carbonyl (C=O) groups is 1. The molecule has 1 aliphatic rings. The SMILES string of the molecule is Nc1cccc([N+](=O)[O-])c1C(=O)NCCCC1CCCCC1O. The zero-order chi connectivity index (χ0) is 16.8. The molecule has 7 nitrogen and oxygen atoms in total. The Bertz CT molecular complexity index is 576. The Hall–Kier alpha value is -2.15. The maximum Gasteiger partial charge on any atom is 0.284 e. The molecule has 2 rings (SSSR count). The molecule has 126 valence electrons.